The number of carbonyl (C=O) groups is 1. The first kappa shape index (κ1) is 20.5. The molecule has 1 amide bonds. The number of nitrogens with two attached hydrogens (primary N) is 1. The Hall–Kier alpha value is -3.39. The summed E-state index contributed by atoms with van der Waals surface area (Å²) in [5, 5.41) is 20.0. The Morgan fingerprint density at radius 1 is 1.34 bits per heavy atom. The van der Waals surface area contributed by atoms with Gasteiger partial charge in [-0.15, -0.1) is 0 Å². The van der Waals surface area contributed by atoms with Crippen molar-refractivity contribution < 1.29 is 9.90 Å². The van der Waals surface area contributed by atoms with E-state index in [9.17, 15) is 9.90 Å². The lowest BCUT2D eigenvalue weighted by Crippen LogP contribution is -2.33. The Labute approximate surface area is 185 Å². The van der Waals surface area contributed by atoms with Gasteiger partial charge in [0.15, 0.2) is 0 Å². The van der Waals surface area contributed by atoms with Crippen LogP contribution in [-0.2, 0) is 7.05 Å². The number of aromatic nitrogens is 4. The molecule has 1 fully saturated rings. The Kier molecular flexibility index (Phi) is 4.70. The smallest absolute Gasteiger partial charge is 0.252 e. The highest BCUT2D eigenvalue weighted by atomic mass is 16.3. The number of aryl methyl sites for hydroxylation is 1. The third-order valence-electron chi connectivity index (χ3n) is 6.16. The van der Waals surface area contributed by atoms with Crippen LogP contribution in [0.25, 0.3) is 32.9 Å². The topological polar surface area (TPSA) is 122 Å². The van der Waals surface area contributed by atoms with Gasteiger partial charge in [-0.05, 0) is 50.7 Å². The molecule has 32 heavy (non-hydrogen) atoms. The van der Waals surface area contributed by atoms with Crippen molar-refractivity contribution in [1.29, 1.82) is 0 Å². The van der Waals surface area contributed by atoms with Crippen LogP contribution in [0.5, 0.6) is 0 Å². The first-order chi connectivity index (χ1) is 15.2. The molecule has 8 heteroatoms. The minimum atomic E-state index is -0.786. The summed E-state index contributed by atoms with van der Waals surface area (Å²) in [6.45, 7) is 3.66. The minimum Gasteiger partial charge on any atom is -0.390 e. The van der Waals surface area contributed by atoms with Gasteiger partial charge < -0.3 is 21.1 Å². The molecule has 5 N–H and O–H groups in total. The number of hydrogen-bond donors (Lipinski definition) is 4. The van der Waals surface area contributed by atoms with Gasteiger partial charge in [0.05, 0.1) is 28.3 Å². The van der Waals surface area contributed by atoms with Crippen LogP contribution in [0.2, 0.25) is 0 Å². The molecule has 3 heterocycles. The Morgan fingerprint density at radius 2 is 2.12 bits per heavy atom. The molecule has 1 aromatic carbocycles. The van der Waals surface area contributed by atoms with E-state index in [4.69, 9.17) is 5.73 Å². The lowest BCUT2D eigenvalue weighted by molar-refractivity contribution is 0.0635. The van der Waals surface area contributed by atoms with Crippen LogP contribution < -0.4 is 11.1 Å². The summed E-state index contributed by atoms with van der Waals surface area (Å²) in [6.07, 6.45) is 8.20. The average molecular weight is 433 g/mol. The molecule has 0 spiro atoms. The van der Waals surface area contributed by atoms with Crippen LogP contribution >= 0.6 is 0 Å². The summed E-state index contributed by atoms with van der Waals surface area (Å²) >= 11 is 0. The van der Waals surface area contributed by atoms with Crippen molar-refractivity contribution in [2.75, 3.05) is 5.32 Å². The van der Waals surface area contributed by atoms with Crippen LogP contribution in [0.15, 0.2) is 36.8 Å². The Balaban J connectivity index is 1.64. The first-order valence-electron chi connectivity index (χ1n) is 10.9. The van der Waals surface area contributed by atoms with Crippen molar-refractivity contribution in [3.05, 3.63) is 42.4 Å². The maximum atomic E-state index is 12.1. The number of H-pyrrole nitrogens is 1. The van der Waals surface area contributed by atoms with E-state index in [1.54, 1.807) is 4.68 Å². The number of nitrogens with zero attached hydrogens (tertiary/aromatic N) is 3. The number of pyridine rings is 1. The van der Waals surface area contributed by atoms with Crippen molar-refractivity contribution in [3.8, 4) is 11.1 Å². The average Bonchev–Trinajstić information content (AvgIpc) is 3.36. The number of benzene rings is 1. The van der Waals surface area contributed by atoms with E-state index < -0.39 is 11.5 Å². The van der Waals surface area contributed by atoms with Gasteiger partial charge in [0.1, 0.15) is 5.82 Å². The fourth-order valence-corrected chi connectivity index (χ4v) is 4.50. The van der Waals surface area contributed by atoms with E-state index in [-0.39, 0.29) is 6.04 Å². The van der Waals surface area contributed by atoms with Crippen LogP contribution in [0.3, 0.4) is 0 Å². The maximum Gasteiger partial charge on any atom is 0.252 e. The van der Waals surface area contributed by atoms with Crippen molar-refractivity contribution >= 4 is 33.5 Å². The number of nitrogens with one attached hydrogen (secondary N) is 2. The van der Waals surface area contributed by atoms with Gasteiger partial charge in [0.2, 0.25) is 0 Å². The summed E-state index contributed by atoms with van der Waals surface area (Å²) in [5.74, 6) is 0.686. The molecular formula is C24H28N6O2. The van der Waals surface area contributed by atoms with Crippen molar-refractivity contribution in [2.24, 2.45) is 18.7 Å². The minimum absolute atomic E-state index is 0.102. The molecule has 1 atom stereocenters. The van der Waals surface area contributed by atoms with Crippen molar-refractivity contribution in [2.45, 2.75) is 44.8 Å². The zero-order chi connectivity index (χ0) is 22.6. The zero-order valence-electron chi connectivity index (χ0n) is 18.5. The van der Waals surface area contributed by atoms with Gasteiger partial charge in [-0.1, -0.05) is 12.1 Å². The van der Waals surface area contributed by atoms with Crippen LogP contribution in [0.1, 0.15) is 43.5 Å². The third-order valence-corrected chi connectivity index (χ3v) is 6.16. The normalized spacial score (nSPS) is 15.4. The molecule has 0 saturated heterocycles. The standard InChI is InChI=1S/C24H28N6O2/c1-24(2,32)9-19(13-4-5-13)29-23-20-16-7-6-14(15-10-27-30(3)12-15)8-18(16)28-21(20)17(11-26-23)22(25)31/h6-8,10-13,19,28,32H,4-5,9H2,1-3H3,(H2,25,31)(H,26,29). The molecule has 4 aromatic rings. The lowest BCUT2D eigenvalue weighted by Gasteiger charge is -2.26. The van der Waals surface area contributed by atoms with Gasteiger partial charge in [-0.3, -0.25) is 9.48 Å². The molecule has 8 nitrogen and oxygen atoms in total. The molecule has 5 rings (SSSR count). The monoisotopic (exact) mass is 432 g/mol. The van der Waals surface area contributed by atoms with Crippen molar-refractivity contribution in [3.63, 3.8) is 0 Å². The molecule has 1 aliphatic rings. The fourth-order valence-electron chi connectivity index (χ4n) is 4.50. The molecule has 166 valence electrons. The van der Waals surface area contributed by atoms with E-state index in [0.29, 0.717) is 29.2 Å². The number of aliphatic hydroxyl groups is 1. The quantitative estimate of drug-likeness (QED) is 0.356. The van der Waals surface area contributed by atoms with Gasteiger partial charge in [-0.2, -0.15) is 5.10 Å². The largest absolute Gasteiger partial charge is 0.390 e. The molecule has 0 radical (unpaired) electrons. The number of amides is 1. The fraction of sp³-hybridized carbons (Fsp3) is 0.375. The van der Waals surface area contributed by atoms with E-state index >= 15 is 0 Å². The van der Waals surface area contributed by atoms with E-state index in [0.717, 1.165) is 40.3 Å². The number of aromatic amines is 1. The van der Waals surface area contributed by atoms with E-state index in [1.165, 1.54) is 6.20 Å². The number of fused-ring (bicyclic) bond motifs is 3. The highest BCUT2D eigenvalue weighted by Gasteiger charge is 2.35. The van der Waals surface area contributed by atoms with Gasteiger partial charge in [0, 0.05) is 41.9 Å². The number of primary amides is 1. The van der Waals surface area contributed by atoms with Crippen LogP contribution in [0.4, 0.5) is 5.82 Å². The number of anilines is 1. The molecular weight excluding hydrogens is 404 g/mol. The van der Waals surface area contributed by atoms with Crippen LogP contribution in [-0.4, -0.2) is 42.4 Å². The first-order valence-corrected chi connectivity index (χ1v) is 10.9. The van der Waals surface area contributed by atoms with Crippen molar-refractivity contribution in [1.82, 2.24) is 19.7 Å². The molecule has 0 bridgehead atoms. The second-order valence-electron chi connectivity index (χ2n) is 9.53. The molecule has 1 aliphatic carbocycles. The highest BCUT2D eigenvalue weighted by molar-refractivity contribution is 6.18. The maximum absolute atomic E-state index is 12.1. The predicted octanol–water partition coefficient (Wildman–Crippen LogP) is 3.57. The number of rotatable bonds is 7. The summed E-state index contributed by atoms with van der Waals surface area (Å²) in [4.78, 5) is 20.1. The molecule has 3 aromatic heterocycles. The molecule has 1 unspecified atom stereocenters. The highest BCUT2D eigenvalue weighted by Crippen LogP contribution is 2.40. The predicted molar refractivity (Wildman–Crippen MR) is 125 cm³/mol. The number of carbonyl (C=O) groups excluding carboxylic acids is 1. The van der Waals surface area contributed by atoms with Gasteiger partial charge in [0.25, 0.3) is 5.91 Å². The number of hydrogen-bond acceptors (Lipinski definition) is 5. The molecule has 0 aliphatic heterocycles. The third kappa shape index (κ3) is 3.82. The van der Waals surface area contributed by atoms with E-state index in [2.05, 4.69) is 26.4 Å². The summed E-state index contributed by atoms with van der Waals surface area (Å²) in [7, 11) is 1.89. The lowest BCUT2D eigenvalue weighted by atomic mass is 9.95. The van der Waals surface area contributed by atoms with E-state index in [1.807, 2.05) is 45.4 Å². The summed E-state index contributed by atoms with van der Waals surface area (Å²) in [6, 6.07) is 6.24. The van der Waals surface area contributed by atoms with Crippen LogP contribution in [0, 0.1) is 5.92 Å². The second-order valence-corrected chi connectivity index (χ2v) is 9.53. The van der Waals surface area contributed by atoms with Gasteiger partial charge in [-0.25, -0.2) is 4.98 Å². The second kappa shape index (κ2) is 7.34. The Bertz CT molecular complexity index is 1330. The zero-order valence-corrected chi connectivity index (χ0v) is 18.5. The molecule has 1 saturated carbocycles. The van der Waals surface area contributed by atoms with Gasteiger partial charge >= 0.3 is 0 Å². The Morgan fingerprint density at radius 3 is 2.75 bits per heavy atom. The summed E-state index contributed by atoms with van der Waals surface area (Å²) < 4.78 is 1.77. The SMILES string of the molecule is Cn1cc(-c2ccc3c(c2)[nH]c2c(C(N)=O)cnc(NC(CC(C)(C)O)C4CC4)c23)cn1. The summed E-state index contributed by atoms with van der Waals surface area (Å²) in [5.41, 5.74) is 8.83.